The van der Waals surface area contributed by atoms with Gasteiger partial charge in [0.25, 0.3) is 0 Å². The normalized spacial score (nSPS) is 12.3. The van der Waals surface area contributed by atoms with Crippen molar-refractivity contribution in [2.45, 2.75) is 35.7 Å². The van der Waals surface area contributed by atoms with Gasteiger partial charge in [-0.1, -0.05) is 78.0 Å². The minimum Gasteiger partial charge on any atom is -0.349 e. The third kappa shape index (κ3) is 6.17. The van der Waals surface area contributed by atoms with Crippen LogP contribution in [0.4, 0.5) is 0 Å². The number of rotatable bonds is 9. The van der Waals surface area contributed by atoms with Crippen LogP contribution < -0.4 is 5.32 Å². The summed E-state index contributed by atoms with van der Waals surface area (Å²) in [5.41, 5.74) is 2.73. The van der Waals surface area contributed by atoms with E-state index in [4.69, 9.17) is 0 Å². The van der Waals surface area contributed by atoms with Crippen LogP contribution in [-0.4, -0.2) is 34.8 Å². The zero-order chi connectivity index (χ0) is 24.8. The Balaban J connectivity index is 1.54. The maximum Gasteiger partial charge on any atom is 0.230 e. The lowest BCUT2D eigenvalue weighted by atomic mass is 10.1. The summed E-state index contributed by atoms with van der Waals surface area (Å²) >= 11 is 1.21. The Morgan fingerprint density at radius 1 is 0.943 bits per heavy atom. The van der Waals surface area contributed by atoms with Crippen LogP contribution in [0, 0.1) is 6.92 Å². The number of para-hydroxylation sites is 1. The van der Waals surface area contributed by atoms with Gasteiger partial charge in [-0.2, -0.15) is 0 Å². The van der Waals surface area contributed by atoms with E-state index in [-0.39, 0.29) is 34.2 Å². The SMILES string of the molecule is Cc1ccc(S(=O)(=O)Cc2nnc(SCC(=O)NC(C)c3ccccc3)n2-c2ccccc2)cc1. The van der Waals surface area contributed by atoms with Crippen molar-refractivity contribution in [3.05, 3.63) is 102 Å². The summed E-state index contributed by atoms with van der Waals surface area (Å²) in [7, 11) is -3.64. The van der Waals surface area contributed by atoms with Gasteiger partial charge in [0.05, 0.1) is 16.7 Å². The Kier molecular flexibility index (Phi) is 7.67. The van der Waals surface area contributed by atoms with E-state index in [9.17, 15) is 13.2 Å². The first-order valence-electron chi connectivity index (χ1n) is 11.1. The van der Waals surface area contributed by atoms with Crippen LogP contribution in [0.3, 0.4) is 0 Å². The van der Waals surface area contributed by atoms with Crippen molar-refractivity contribution >= 4 is 27.5 Å². The highest BCUT2D eigenvalue weighted by Crippen LogP contribution is 2.25. The number of aryl methyl sites for hydroxylation is 1. The largest absolute Gasteiger partial charge is 0.349 e. The molecule has 0 aliphatic heterocycles. The molecule has 7 nitrogen and oxygen atoms in total. The minimum atomic E-state index is -3.64. The molecule has 1 heterocycles. The van der Waals surface area contributed by atoms with Gasteiger partial charge >= 0.3 is 0 Å². The van der Waals surface area contributed by atoms with Gasteiger partial charge < -0.3 is 5.32 Å². The number of thioether (sulfide) groups is 1. The third-order valence-corrected chi connectivity index (χ3v) is 7.98. The van der Waals surface area contributed by atoms with Crippen molar-refractivity contribution in [2.75, 3.05) is 5.75 Å². The van der Waals surface area contributed by atoms with Crippen LogP contribution in [0.15, 0.2) is 95.0 Å². The number of nitrogens with zero attached hydrogens (tertiary/aromatic N) is 3. The number of carbonyl (C=O) groups is 1. The van der Waals surface area contributed by atoms with Crippen LogP contribution in [-0.2, 0) is 20.4 Å². The van der Waals surface area contributed by atoms with E-state index in [1.54, 1.807) is 28.8 Å². The molecular weight excluding hydrogens is 480 g/mol. The van der Waals surface area contributed by atoms with Gasteiger partial charge in [0.1, 0.15) is 5.75 Å². The summed E-state index contributed by atoms with van der Waals surface area (Å²) in [4.78, 5) is 12.8. The van der Waals surface area contributed by atoms with Crippen LogP contribution in [0.5, 0.6) is 0 Å². The fraction of sp³-hybridized carbons (Fsp3) is 0.192. The zero-order valence-electron chi connectivity index (χ0n) is 19.5. The van der Waals surface area contributed by atoms with Crippen molar-refractivity contribution in [1.82, 2.24) is 20.1 Å². The van der Waals surface area contributed by atoms with E-state index >= 15 is 0 Å². The summed E-state index contributed by atoms with van der Waals surface area (Å²) < 4.78 is 27.9. The van der Waals surface area contributed by atoms with Crippen molar-refractivity contribution in [1.29, 1.82) is 0 Å². The molecule has 1 amide bonds. The highest BCUT2D eigenvalue weighted by Gasteiger charge is 2.23. The molecule has 0 saturated carbocycles. The Hall–Kier alpha value is -3.43. The number of hydrogen-bond acceptors (Lipinski definition) is 6. The number of nitrogens with one attached hydrogen (secondary N) is 1. The summed E-state index contributed by atoms with van der Waals surface area (Å²) in [5.74, 6) is -0.0529. The van der Waals surface area contributed by atoms with Gasteiger partial charge in [0.15, 0.2) is 20.8 Å². The molecule has 0 saturated heterocycles. The van der Waals surface area contributed by atoms with Gasteiger partial charge in [-0.3, -0.25) is 9.36 Å². The molecular formula is C26H26N4O3S2. The first kappa shape index (κ1) is 24.7. The molecule has 0 fully saturated rings. The van der Waals surface area contributed by atoms with Crippen LogP contribution >= 0.6 is 11.8 Å². The van der Waals surface area contributed by atoms with Gasteiger partial charge in [-0.15, -0.1) is 10.2 Å². The van der Waals surface area contributed by atoms with Crippen LogP contribution in [0.25, 0.3) is 5.69 Å². The summed E-state index contributed by atoms with van der Waals surface area (Å²) in [6, 6.07) is 25.6. The lowest BCUT2D eigenvalue weighted by molar-refractivity contribution is -0.119. The van der Waals surface area contributed by atoms with Crippen molar-refractivity contribution in [3.63, 3.8) is 0 Å². The molecule has 0 aliphatic carbocycles. The van der Waals surface area contributed by atoms with E-state index in [1.807, 2.05) is 74.5 Å². The average molecular weight is 507 g/mol. The molecule has 1 aromatic heterocycles. The predicted octanol–water partition coefficient (Wildman–Crippen LogP) is 4.52. The van der Waals surface area contributed by atoms with Crippen molar-refractivity contribution < 1.29 is 13.2 Å². The number of hydrogen-bond donors (Lipinski definition) is 1. The Morgan fingerprint density at radius 3 is 2.23 bits per heavy atom. The van der Waals surface area contributed by atoms with Gasteiger partial charge in [-0.05, 0) is 43.7 Å². The molecule has 1 unspecified atom stereocenters. The molecule has 0 spiro atoms. The van der Waals surface area contributed by atoms with Crippen LogP contribution in [0.1, 0.15) is 29.9 Å². The summed E-state index contributed by atoms with van der Waals surface area (Å²) in [6.07, 6.45) is 0. The second-order valence-corrected chi connectivity index (χ2v) is 11.1. The third-order valence-electron chi connectivity index (χ3n) is 5.42. The first-order chi connectivity index (χ1) is 16.8. The molecule has 1 N–H and O–H groups in total. The van der Waals surface area contributed by atoms with E-state index in [0.29, 0.717) is 5.16 Å². The monoisotopic (exact) mass is 506 g/mol. The molecule has 4 aromatic rings. The van der Waals surface area contributed by atoms with E-state index in [1.165, 1.54) is 11.8 Å². The molecule has 35 heavy (non-hydrogen) atoms. The second kappa shape index (κ2) is 10.9. The maximum atomic E-state index is 13.1. The Labute approximate surface area is 209 Å². The van der Waals surface area contributed by atoms with E-state index < -0.39 is 9.84 Å². The van der Waals surface area contributed by atoms with Crippen LogP contribution in [0.2, 0.25) is 0 Å². The topological polar surface area (TPSA) is 94.0 Å². The highest BCUT2D eigenvalue weighted by atomic mass is 32.2. The second-order valence-electron chi connectivity index (χ2n) is 8.13. The van der Waals surface area contributed by atoms with Gasteiger partial charge in [-0.25, -0.2) is 8.42 Å². The number of benzene rings is 3. The molecule has 0 bridgehead atoms. The fourth-order valence-corrected chi connectivity index (χ4v) is 5.59. The van der Waals surface area contributed by atoms with Crippen molar-refractivity contribution in [2.24, 2.45) is 0 Å². The maximum absolute atomic E-state index is 13.1. The summed E-state index contributed by atoms with van der Waals surface area (Å²) in [5, 5.41) is 11.8. The smallest absolute Gasteiger partial charge is 0.230 e. The molecule has 180 valence electrons. The fourth-order valence-electron chi connectivity index (χ4n) is 3.56. The average Bonchev–Trinajstić information content (AvgIpc) is 3.25. The van der Waals surface area contributed by atoms with Gasteiger partial charge in [0, 0.05) is 5.69 Å². The highest BCUT2D eigenvalue weighted by molar-refractivity contribution is 7.99. The number of carbonyl (C=O) groups excluding carboxylic acids is 1. The lowest BCUT2D eigenvalue weighted by Crippen LogP contribution is -2.28. The lowest BCUT2D eigenvalue weighted by Gasteiger charge is -2.14. The molecule has 0 radical (unpaired) electrons. The number of aromatic nitrogens is 3. The van der Waals surface area contributed by atoms with E-state index in [0.717, 1.165) is 16.8 Å². The van der Waals surface area contributed by atoms with Crippen molar-refractivity contribution in [3.8, 4) is 5.69 Å². The molecule has 9 heteroatoms. The minimum absolute atomic E-state index is 0.118. The number of amides is 1. The number of sulfone groups is 1. The summed E-state index contributed by atoms with van der Waals surface area (Å²) in [6.45, 7) is 3.83. The Bertz CT molecular complexity index is 1390. The first-order valence-corrected chi connectivity index (χ1v) is 13.7. The zero-order valence-corrected chi connectivity index (χ0v) is 21.1. The molecule has 1 atom stereocenters. The predicted molar refractivity (Wildman–Crippen MR) is 137 cm³/mol. The quantitative estimate of drug-likeness (QED) is 0.336. The Morgan fingerprint density at radius 2 is 1.57 bits per heavy atom. The molecule has 0 aliphatic rings. The van der Waals surface area contributed by atoms with E-state index in [2.05, 4.69) is 15.5 Å². The molecule has 3 aromatic carbocycles. The van der Waals surface area contributed by atoms with Gasteiger partial charge in [0.2, 0.25) is 5.91 Å². The molecule has 4 rings (SSSR count). The standard InChI is InChI=1S/C26H26N4O3S2/c1-19-13-15-23(16-14-19)35(32,33)18-24-28-29-26(30(24)22-11-7-4-8-12-22)34-17-25(31)27-20(2)21-9-5-3-6-10-21/h3-16,20H,17-18H2,1-2H3,(H,27,31).